The van der Waals surface area contributed by atoms with Gasteiger partial charge in [0.15, 0.2) is 0 Å². The van der Waals surface area contributed by atoms with Crippen LogP contribution in [0.15, 0.2) is 0 Å². The Labute approximate surface area is 115 Å². The number of amides is 2. The van der Waals surface area contributed by atoms with Crippen molar-refractivity contribution >= 4 is 11.8 Å². The first-order valence-electron chi connectivity index (χ1n) is 7.47. The van der Waals surface area contributed by atoms with E-state index < -0.39 is 0 Å². The van der Waals surface area contributed by atoms with E-state index in [1.807, 2.05) is 4.90 Å². The molecular weight excluding hydrogens is 242 g/mol. The minimum absolute atomic E-state index is 0.0291. The number of hydrogen-bond donors (Lipinski definition) is 2. The molecule has 1 saturated heterocycles. The van der Waals surface area contributed by atoms with Crippen molar-refractivity contribution in [3.63, 3.8) is 0 Å². The smallest absolute Gasteiger partial charge is 0.237 e. The summed E-state index contributed by atoms with van der Waals surface area (Å²) in [5.41, 5.74) is 2.19. The molecule has 1 heterocycles. The standard InChI is InChI=1S/C14H27N3O2/c1-2-3-4-5-6-7-13(18)17-10-8-12(9-11-17)14(19)16-15/h12H,2-11,15H2,1H3,(H,16,19). The molecular formula is C14H27N3O2. The van der Waals surface area contributed by atoms with E-state index in [4.69, 9.17) is 5.84 Å². The van der Waals surface area contributed by atoms with E-state index in [0.29, 0.717) is 19.5 Å². The van der Waals surface area contributed by atoms with Gasteiger partial charge in [-0.25, -0.2) is 5.84 Å². The van der Waals surface area contributed by atoms with Crippen LogP contribution in [0.2, 0.25) is 0 Å². The Morgan fingerprint density at radius 2 is 1.79 bits per heavy atom. The van der Waals surface area contributed by atoms with E-state index in [1.54, 1.807) is 0 Å². The maximum atomic E-state index is 12.0. The molecule has 5 nitrogen and oxygen atoms in total. The summed E-state index contributed by atoms with van der Waals surface area (Å²) in [5, 5.41) is 0. The molecule has 110 valence electrons. The van der Waals surface area contributed by atoms with Crippen molar-refractivity contribution in [2.75, 3.05) is 13.1 Å². The maximum absolute atomic E-state index is 12.0. The number of hydrogen-bond acceptors (Lipinski definition) is 3. The topological polar surface area (TPSA) is 75.4 Å². The third-order valence-corrected chi connectivity index (χ3v) is 3.85. The Balaban J connectivity index is 2.16. The Hall–Kier alpha value is -1.10. The maximum Gasteiger partial charge on any atom is 0.237 e. The molecule has 3 N–H and O–H groups in total. The molecule has 1 aliphatic rings. The van der Waals surface area contributed by atoms with Gasteiger partial charge < -0.3 is 4.90 Å². The molecule has 0 aliphatic carbocycles. The van der Waals surface area contributed by atoms with Crippen LogP contribution in [0, 0.1) is 5.92 Å². The number of nitrogens with one attached hydrogen (secondary N) is 1. The van der Waals surface area contributed by atoms with Crippen molar-refractivity contribution in [1.29, 1.82) is 0 Å². The van der Waals surface area contributed by atoms with Gasteiger partial charge in [0.05, 0.1) is 0 Å². The van der Waals surface area contributed by atoms with Gasteiger partial charge in [0.2, 0.25) is 11.8 Å². The molecule has 0 saturated carbocycles. The van der Waals surface area contributed by atoms with E-state index in [2.05, 4.69) is 12.3 Å². The van der Waals surface area contributed by atoms with Gasteiger partial charge >= 0.3 is 0 Å². The second-order valence-corrected chi connectivity index (χ2v) is 5.33. The fourth-order valence-corrected chi connectivity index (χ4v) is 2.55. The van der Waals surface area contributed by atoms with Crippen LogP contribution < -0.4 is 11.3 Å². The molecule has 0 atom stereocenters. The number of nitrogens with zero attached hydrogens (tertiary/aromatic N) is 1. The van der Waals surface area contributed by atoms with E-state index in [9.17, 15) is 9.59 Å². The summed E-state index contributed by atoms with van der Waals surface area (Å²) in [6.45, 7) is 3.56. The average molecular weight is 269 g/mol. The Morgan fingerprint density at radius 3 is 2.37 bits per heavy atom. The van der Waals surface area contributed by atoms with Crippen LogP contribution in [0.5, 0.6) is 0 Å². The van der Waals surface area contributed by atoms with Gasteiger partial charge in [0.1, 0.15) is 0 Å². The van der Waals surface area contributed by atoms with E-state index >= 15 is 0 Å². The molecule has 0 aromatic rings. The number of rotatable bonds is 7. The third kappa shape index (κ3) is 5.59. The number of hydrazine groups is 1. The monoisotopic (exact) mass is 269 g/mol. The normalized spacial score (nSPS) is 16.4. The molecule has 0 radical (unpaired) electrons. The molecule has 1 fully saturated rings. The van der Waals surface area contributed by atoms with Crippen LogP contribution >= 0.6 is 0 Å². The van der Waals surface area contributed by atoms with Crippen LogP contribution in [0.25, 0.3) is 0 Å². The van der Waals surface area contributed by atoms with E-state index in [1.165, 1.54) is 19.3 Å². The lowest BCUT2D eigenvalue weighted by atomic mass is 9.96. The molecule has 19 heavy (non-hydrogen) atoms. The number of piperidine rings is 1. The van der Waals surface area contributed by atoms with Gasteiger partial charge in [0.25, 0.3) is 0 Å². The molecule has 0 aromatic carbocycles. The summed E-state index contributed by atoms with van der Waals surface area (Å²) in [6, 6.07) is 0. The number of unbranched alkanes of at least 4 members (excludes halogenated alkanes) is 4. The predicted molar refractivity (Wildman–Crippen MR) is 75.0 cm³/mol. The first-order valence-corrected chi connectivity index (χ1v) is 7.47. The molecule has 2 amide bonds. The minimum Gasteiger partial charge on any atom is -0.343 e. The Kier molecular flexibility index (Phi) is 7.48. The van der Waals surface area contributed by atoms with Crippen molar-refractivity contribution < 1.29 is 9.59 Å². The summed E-state index contributed by atoms with van der Waals surface area (Å²) in [5.74, 6) is 5.23. The van der Waals surface area contributed by atoms with Crippen LogP contribution in [0.3, 0.4) is 0 Å². The van der Waals surface area contributed by atoms with Crippen LogP contribution in [-0.4, -0.2) is 29.8 Å². The molecule has 5 heteroatoms. The second-order valence-electron chi connectivity index (χ2n) is 5.33. The highest BCUT2D eigenvalue weighted by Gasteiger charge is 2.26. The first kappa shape index (κ1) is 16.0. The van der Waals surface area contributed by atoms with Gasteiger partial charge in [-0.15, -0.1) is 0 Å². The van der Waals surface area contributed by atoms with E-state index in [0.717, 1.165) is 25.7 Å². The largest absolute Gasteiger partial charge is 0.343 e. The minimum atomic E-state index is -0.105. The average Bonchev–Trinajstić information content (AvgIpc) is 2.46. The second kappa shape index (κ2) is 8.91. The van der Waals surface area contributed by atoms with Crippen LogP contribution in [-0.2, 0) is 9.59 Å². The van der Waals surface area contributed by atoms with Gasteiger partial charge in [-0.05, 0) is 19.3 Å². The molecule has 1 rings (SSSR count). The van der Waals surface area contributed by atoms with Crippen molar-refractivity contribution in [1.82, 2.24) is 10.3 Å². The van der Waals surface area contributed by atoms with Gasteiger partial charge in [-0.1, -0.05) is 32.6 Å². The zero-order valence-corrected chi connectivity index (χ0v) is 12.0. The van der Waals surface area contributed by atoms with Gasteiger partial charge in [-0.3, -0.25) is 15.0 Å². The number of nitrogens with two attached hydrogens (primary N) is 1. The lowest BCUT2D eigenvalue weighted by Gasteiger charge is -2.31. The highest BCUT2D eigenvalue weighted by molar-refractivity contribution is 5.79. The van der Waals surface area contributed by atoms with Crippen molar-refractivity contribution in [3.8, 4) is 0 Å². The van der Waals surface area contributed by atoms with Crippen molar-refractivity contribution in [2.24, 2.45) is 11.8 Å². The highest BCUT2D eigenvalue weighted by atomic mass is 16.2. The molecule has 0 unspecified atom stereocenters. The summed E-state index contributed by atoms with van der Waals surface area (Å²) in [4.78, 5) is 25.2. The fraction of sp³-hybridized carbons (Fsp3) is 0.857. The zero-order chi connectivity index (χ0) is 14.1. The first-order chi connectivity index (χ1) is 9.19. The summed E-state index contributed by atoms with van der Waals surface area (Å²) in [6.07, 6.45) is 7.95. The molecule has 0 spiro atoms. The zero-order valence-electron chi connectivity index (χ0n) is 12.0. The lowest BCUT2D eigenvalue weighted by molar-refractivity contribution is -0.135. The molecule has 0 bridgehead atoms. The highest BCUT2D eigenvalue weighted by Crippen LogP contribution is 2.18. The van der Waals surface area contributed by atoms with Crippen LogP contribution in [0.4, 0.5) is 0 Å². The fourth-order valence-electron chi connectivity index (χ4n) is 2.55. The number of carbonyl (C=O) groups is 2. The Bertz CT molecular complexity index is 286. The predicted octanol–water partition coefficient (Wildman–Crippen LogP) is 1.58. The SMILES string of the molecule is CCCCCCCC(=O)N1CCC(C(=O)NN)CC1. The van der Waals surface area contributed by atoms with Gasteiger partial charge in [0, 0.05) is 25.4 Å². The molecule has 1 aliphatic heterocycles. The summed E-state index contributed by atoms with van der Waals surface area (Å²) < 4.78 is 0. The van der Waals surface area contributed by atoms with Gasteiger partial charge in [-0.2, -0.15) is 0 Å². The quantitative estimate of drug-likeness (QED) is 0.319. The number of likely N-dealkylation sites (tertiary alicyclic amines) is 1. The van der Waals surface area contributed by atoms with Crippen molar-refractivity contribution in [3.05, 3.63) is 0 Å². The van der Waals surface area contributed by atoms with Crippen molar-refractivity contribution in [2.45, 2.75) is 58.3 Å². The lowest BCUT2D eigenvalue weighted by Crippen LogP contribution is -2.44. The van der Waals surface area contributed by atoms with Crippen LogP contribution in [0.1, 0.15) is 58.3 Å². The Morgan fingerprint density at radius 1 is 1.16 bits per heavy atom. The summed E-state index contributed by atoms with van der Waals surface area (Å²) in [7, 11) is 0. The summed E-state index contributed by atoms with van der Waals surface area (Å²) >= 11 is 0. The van der Waals surface area contributed by atoms with E-state index in [-0.39, 0.29) is 17.7 Å². The molecule has 0 aromatic heterocycles. The third-order valence-electron chi connectivity index (χ3n) is 3.85. The number of carbonyl (C=O) groups excluding carboxylic acids is 2.